The molecule has 0 aromatic heterocycles. The van der Waals surface area contributed by atoms with Gasteiger partial charge in [-0.3, -0.25) is 24.1 Å². The fraction of sp³-hybridized carbons (Fsp3) is 0.375. The Bertz CT molecular complexity index is 1620. The molecule has 4 atom stereocenters. The van der Waals surface area contributed by atoms with Crippen molar-refractivity contribution in [3.8, 4) is 16.9 Å². The normalized spacial score (nSPS) is 25.1. The van der Waals surface area contributed by atoms with Crippen molar-refractivity contribution in [2.24, 2.45) is 17.6 Å². The number of benzene rings is 2. The molecule has 6 N–H and O–H groups in total. The number of allylic oxidation sites excluding steroid dienone is 1. The van der Waals surface area contributed by atoms with E-state index in [1.54, 1.807) is 25.1 Å². The Hall–Kier alpha value is -4.32. The summed E-state index contributed by atoms with van der Waals surface area (Å²) in [6.45, 7) is 0.327. The van der Waals surface area contributed by atoms with Gasteiger partial charge in [0.2, 0.25) is 5.78 Å². The minimum atomic E-state index is -2.68. The lowest BCUT2D eigenvalue weighted by atomic mass is 9.58. The second kappa shape index (κ2) is 10.7. The number of nitrogens with zero attached hydrogens (tertiary/aromatic N) is 2. The van der Waals surface area contributed by atoms with E-state index in [0.29, 0.717) is 17.7 Å². The first-order valence-electron chi connectivity index (χ1n) is 13.9. The molecule has 0 radical (unpaired) electrons. The number of phenolic OH excluding ortho intramolecular Hbond substituents is 1. The molecular formula is C32H35N3O8. The molecule has 0 saturated carbocycles. The summed E-state index contributed by atoms with van der Waals surface area (Å²) in [7, 11) is 6.82. The molecule has 0 bridgehead atoms. The maximum absolute atomic E-state index is 13.9. The van der Waals surface area contributed by atoms with Gasteiger partial charge in [0, 0.05) is 17.9 Å². The van der Waals surface area contributed by atoms with Crippen LogP contribution in [0.5, 0.6) is 5.75 Å². The SMILES string of the molecule is CN(C)CC(=O)Cc1ccc(-c2ccc(O)c3c2CC2CC4C(N(C)C)C(O)=C(C(N)=O)C(=O)C4(O)C(O)=C2C3=O)cc1. The zero-order valence-corrected chi connectivity index (χ0v) is 24.4. The molecule has 11 heteroatoms. The molecule has 0 aliphatic heterocycles. The molecule has 2 aromatic carbocycles. The van der Waals surface area contributed by atoms with Gasteiger partial charge in [0.1, 0.15) is 22.8 Å². The number of amides is 1. The number of ketones is 3. The van der Waals surface area contributed by atoms with E-state index in [-0.39, 0.29) is 41.9 Å². The maximum atomic E-state index is 13.9. The lowest BCUT2D eigenvalue weighted by Crippen LogP contribution is -2.63. The van der Waals surface area contributed by atoms with Crippen molar-refractivity contribution in [3.05, 3.63) is 75.8 Å². The van der Waals surface area contributed by atoms with Gasteiger partial charge in [-0.2, -0.15) is 0 Å². The predicted octanol–water partition coefficient (Wildman–Crippen LogP) is 1.46. The fourth-order valence-electron chi connectivity index (χ4n) is 6.96. The van der Waals surface area contributed by atoms with E-state index in [1.165, 1.54) is 11.0 Å². The molecule has 0 heterocycles. The summed E-state index contributed by atoms with van der Waals surface area (Å²) < 4.78 is 0. The van der Waals surface area contributed by atoms with Gasteiger partial charge in [-0.25, -0.2) is 0 Å². The van der Waals surface area contributed by atoms with E-state index >= 15 is 0 Å². The van der Waals surface area contributed by atoms with Crippen molar-refractivity contribution in [2.75, 3.05) is 34.7 Å². The predicted molar refractivity (Wildman–Crippen MR) is 156 cm³/mol. The molecule has 2 aromatic rings. The van der Waals surface area contributed by atoms with Crippen molar-refractivity contribution in [3.63, 3.8) is 0 Å². The van der Waals surface area contributed by atoms with Crippen molar-refractivity contribution in [2.45, 2.75) is 30.9 Å². The van der Waals surface area contributed by atoms with Crippen LogP contribution in [0.2, 0.25) is 0 Å². The first-order chi connectivity index (χ1) is 20.2. The van der Waals surface area contributed by atoms with Crippen LogP contribution in [0.3, 0.4) is 0 Å². The van der Waals surface area contributed by atoms with E-state index in [9.17, 15) is 39.6 Å². The van der Waals surface area contributed by atoms with Crippen LogP contribution in [0.25, 0.3) is 11.1 Å². The van der Waals surface area contributed by atoms with Gasteiger partial charge in [-0.05, 0) is 75.3 Å². The van der Waals surface area contributed by atoms with Gasteiger partial charge >= 0.3 is 0 Å². The highest BCUT2D eigenvalue weighted by atomic mass is 16.3. The summed E-state index contributed by atoms with van der Waals surface area (Å²) in [5, 5.41) is 44.9. The molecule has 43 heavy (non-hydrogen) atoms. The van der Waals surface area contributed by atoms with Crippen molar-refractivity contribution < 1.29 is 39.6 Å². The quantitative estimate of drug-likeness (QED) is 0.297. The molecule has 4 unspecified atom stereocenters. The van der Waals surface area contributed by atoms with Gasteiger partial charge in [0.15, 0.2) is 17.2 Å². The van der Waals surface area contributed by atoms with Crippen LogP contribution < -0.4 is 5.73 Å². The molecule has 5 rings (SSSR count). The number of hydrogen-bond acceptors (Lipinski definition) is 10. The molecule has 1 amide bonds. The number of nitrogens with two attached hydrogens (primary N) is 1. The van der Waals surface area contributed by atoms with Crippen molar-refractivity contribution in [1.29, 1.82) is 0 Å². The van der Waals surface area contributed by atoms with Crippen LogP contribution in [0, 0.1) is 11.8 Å². The summed E-state index contributed by atoms with van der Waals surface area (Å²) in [6.07, 6.45) is 0.462. The molecule has 0 fully saturated rings. The standard InChI is InChI=1S/C32H35N3O8/c1-34(2)14-18(36)11-15-5-7-16(8-6-15)19-9-10-22(37)24-20(19)12-17-13-21-26(35(3)4)28(39)25(31(33)42)30(41)32(21,43)29(40)23(17)27(24)38/h5-10,17,21,26,37,39-40,43H,11-14H2,1-4H3,(H2,33,42). The molecule has 3 aliphatic carbocycles. The lowest BCUT2D eigenvalue weighted by molar-refractivity contribution is -0.148. The highest BCUT2D eigenvalue weighted by Gasteiger charge is 2.63. The van der Waals surface area contributed by atoms with Crippen LogP contribution in [0.4, 0.5) is 0 Å². The highest BCUT2D eigenvalue weighted by Crippen LogP contribution is 2.53. The Labute approximate surface area is 248 Å². The molecule has 0 spiro atoms. The average molecular weight is 590 g/mol. The van der Waals surface area contributed by atoms with Crippen LogP contribution in [0.1, 0.15) is 27.9 Å². The van der Waals surface area contributed by atoms with Crippen LogP contribution in [-0.4, -0.2) is 99.9 Å². The summed E-state index contributed by atoms with van der Waals surface area (Å²) in [6, 6.07) is 9.37. The zero-order valence-electron chi connectivity index (χ0n) is 24.4. The highest BCUT2D eigenvalue weighted by molar-refractivity contribution is 6.24. The van der Waals surface area contributed by atoms with Gasteiger partial charge in [0.25, 0.3) is 5.91 Å². The number of carbonyl (C=O) groups is 4. The smallest absolute Gasteiger partial charge is 0.255 e. The third-order valence-corrected chi connectivity index (χ3v) is 8.76. The molecular weight excluding hydrogens is 554 g/mol. The van der Waals surface area contributed by atoms with E-state index < -0.39 is 58.0 Å². The third kappa shape index (κ3) is 4.73. The molecule has 226 valence electrons. The van der Waals surface area contributed by atoms with E-state index in [1.807, 2.05) is 38.4 Å². The number of Topliss-reactive ketones (excluding diaryl/α,β-unsaturated/α-hetero) is 3. The van der Waals surface area contributed by atoms with E-state index in [4.69, 9.17) is 5.73 Å². The van der Waals surface area contributed by atoms with Gasteiger partial charge in [-0.15, -0.1) is 0 Å². The van der Waals surface area contributed by atoms with Crippen molar-refractivity contribution >= 4 is 23.3 Å². The Kier molecular flexibility index (Phi) is 7.54. The van der Waals surface area contributed by atoms with Gasteiger partial charge < -0.3 is 31.1 Å². The zero-order chi connectivity index (χ0) is 31.5. The minimum absolute atomic E-state index is 0.00772. The van der Waals surface area contributed by atoms with E-state index in [0.717, 1.165) is 11.1 Å². The number of primary amides is 1. The minimum Gasteiger partial charge on any atom is -0.510 e. The largest absolute Gasteiger partial charge is 0.510 e. The Balaban J connectivity index is 1.59. The number of phenols is 1. The summed E-state index contributed by atoms with van der Waals surface area (Å²) >= 11 is 0. The van der Waals surface area contributed by atoms with E-state index in [2.05, 4.69) is 0 Å². The second-order valence-electron chi connectivity index (χ2n) is 12.1. The van der Waals surface area contributed by atoms with Crippen molar-refractivity contribution in [1.82, 2.24) is 9.80 Å². The maximum Gasteiger partial charge on any atom is 0.255 e. The number of aliphatic hydroxyl groups excluding tert-OH is 2. The first-order valence-corrected chi connectivity index (χ1v) is 13.9. The lowest BCUT2D eigenvalue weighted by Gasteiger charge is -2.50. The molecule has 3 aliphatic rings. The number of aliphatic hydroxyl groups is 3. The monoisotopic (exact) mass is 589 g/mol. The Morgan fingerprint density at radius 3 is 2.23 bits per heavy atom. The Morgan fingerprint density at radius 1 is 1.00 bits per heavy atom. The number of aromatic hydroxyl groups is 1. The first kappa shape index (κ1) is 30.1. The van der Waals surface area contributed by atoms with Crippen LogP contribution >= 0.6 is 0 Å². The average Bonchev–Trinajstić information content (AvgIpc) is 2.90. The number of carbonyl (C=O) groups excluding carboxylic acids is 4. The molecule has 0 saturated heterocycles. The topological polar surface area (TPSA) is 182 Å². The summed E-state index contributed by atoms with van der Waals surface area (Å²) in [5.41, 5.74) is 4.39. The number of fused-ring (bicyclic) bond motifs is 3. The third-order valence-electron chi connectivity index (χ3n) is 8.76. The second-order valence-corrected chi connectivity index (χ2v) is 12.1. The van der Waals surface area contributed by atoms with Gasteiger partial charge in [-0.1, -0.05) is 30.3 Å². The fourth-order valence-corrected chi connectivity index (χ4v) is 6.96. The number of hydrogen-bond donors (Lipinski definition) is 5. The Morgan fingerprint density at radius 2 is 1.65 bits per heavy atom. The van der Waals surface area contributed by atoms with Crippen LogP contribution in [-0.2, 0) is 27.2 Å². The van der Waals surface area contributed by atoms with Gasteiger partial charge in [0.05, 0.1) is 18.2 Å². The van der Waals surface area contributed by atoms with Crippen LogP contribution in [0.15, 0.2) is 59.1 Å². The summed E-state index contributed by atoms with van der Waals surface area (Å²) in [5.74, 6) is -6.81. The number of likely N-dealkylation sites (N-methyl/N-ethyl adjacent to an activating group) is 2. The molecule has 11 nitrogen and oxygen atoms in total. The summed E-state index contributed by atoms with van der Waals surface area (Å²) in [4.78, 5) is 55.1. The number of rotatable bonds is 7.